The lowest BCUT2D eigenvalue weighted by atomic mass is 10.3. The third-order valence-corrected chi connectivity index (χ3v) is 1.54. The number of carboxylic acids is 1. The van der Waals surface area contributed by atoms with Crippen LogP contribution in [-0.2, 0) is 17.8 Å². The Bertz CT molecular complexity index is 347. The summed E-state index contributed by atoms with van der Waals surface area (Å²) < 4.78 is 36.4. The van der Waals surface area contributed by atoms with Gasteiger partial charge in [0.05, 0.1) is 25.1 Å². The second-order valence-electron chi connectivity index (χ2n) is 2.91. The molecular weight excluding hydrogens is 215 g/mol. The van der Waals surface area contributed by atoms with Crippen molar-refractivity contribution >= 4 is 5.97 Å². The maximum absolute atomic E-state index is 11.8. The fraction of sp³-hybridized carbons (Fsp3) is 0.571. The molecule has 0 unspecified atom stereocenters. The van der Waals surface area contributed by atoms with Gasteiger partial charge in [0.15, 0.2) is 0 Å². The molecule has 8 heteroatoms. The van der Waals surface area contributed by atoms with E-state index in [1.165, 1.54) is 6.20 Å². The number of hydrogen-bond acceptors (Lipinski definition) is 3. The van der Waals surface area contributed by atoms with Crippen molar-refractivity contribution in [2.45, 2.75) is 25.6 Å². The first-order chi connectivity index (χ1) is 6.87. The molecule has 1 aromatic heterocycles. The zero-order chi connectivity index (χ0) is 11.5. The second-order valence-corrected chi connectivity index (χ2v) is 2.91. The Morgan fingerprint density at radius 1 is 1.53 bits per heavy atom. The van der Waals surface area contributed by atoms with Crippen LogP contribution in [-0.4, -0.2) is 32.2 Å². The first-order valence-electron chi connectivity index (χ1n) is 4.04. The monoisotopic (exact) mass is 223 g/mol. The van der Waals surface area contributed by atoms with Gasteiger partial charge in [-0.05, 0) is 0 Å². The molecule has 0 saturated heterocycles. The zero-order valence-electron chi connectivity index (χ0n) is 7.53. The van der Waals surface area contributed by atoms with Crippen LogP contribution in [0.5, 0.6) is 0 Å². The van der Waals surface area contributed by atoms with Crippen LogP contribution in [0.3, 0.4) is 0 Å². The first kappa shape index (κ1) is 11.5. The molecule has 0 radical (unpaired) electrons. The van der Waals surface area contributed by atoms with Gasteiger partial charge in [0.25, 0.3) is 0 Å². The second kappa shape index (κ2) is 4.28. The molecule has 0 saturated carbocycles. The average Bonchev–Trinajstić information content (AvgIpc) is 2.46. The highest BCUT2D eigenvalue weighted by atomic mass is 19.4. The van der Waals surface area contributed by atoms with Crippen LogP contribution in [0.25, 0.3) is 0 Å². The van der Waals surface area contributed by atoms with Crippen molar-refractivity contribution in [1.82, 2.24) is 15.0 Å². The van der Waals surface area contributed by atoms with Crippen molar-refractivity contribution in [3.8, 4) is 0 Å². The Labute approximate surface area is 82.5 Å². The molecule has 0 aliphatic rings. The summed E-state index contributed by atoms with van der Waals surface area (Å²) in [7, 11) is 0. The molecular formula is C7H8F3N3O2. The minimum Gasteiger partial charge on any atom is -0.481 e. The molecule has 0 atom stereocenters. The number of nitrogens with zero attached hydrogens (tertiary/aromatic N) is 3. The van der Waals surface area contributed by atoms with Crippen molar-refractivity contribution in [1.29, 1.82) is 0 Å². The van der Waals surface area contributed by atoms with Crippen molar-refractivity contribution in [2.24, 2.45) is 0 Å². The maximum atomic E-state index is 11.8. The zero-order valence-corrected chi connectivity index (χ0v) is 7.53. The Balaban J connectivity index is 2.50. The van der Waals surface area contributed by atoms with Crippen LogP contribution in [0.4, 0.5) is 13.2 Å². The Morgan fingerprint density at radius 2 is 2.20 bits per heavy atom. The third kappa shape index (κ3) is 4.43. The van der Waals surface area contributed by atoms with Crippen molar-refractivity contribution < 1.29 is 23.1 Å². The fourth-order valence-corrected chi connectivity index (χ4v) is 0.925. The largest absolute Gasteiger partial charge is 0.481 e. The summed E-state index contributed by atoms with van der Waals surface area (Å²) >= 11 is 0. The molecule has 0 spiro atoms. The molecule has 0 fully saturated rings. The van der Waals surface area contributed by atoms with E-state index < -0.39 is 18.6 Å². The summed E-state index contributed by atoms with van der Waals surface area (Å²) in [4.78, 5) is 10.2. The van der Waals surface area contributed by atoms with E-state index in [0.717, 1.165) is 4.68 Å². The number of alkyl halides is 3. The van der Waals surface area contributed by atoms with E-state index in [1.807, 2.05) is 0 Å². The molecule has 0 amide bonds. The molecule has 0 aliphatic carbocycles. The highest BCUT2D eigenvalue weighted by molar-refractivity contribution is 5.69. The minimum atomic E-state index is -4.25. The Hall–Kier alpha value is -1.60. The molecule has 0 aliphatic heterocycles. The van der Waals surface area contributed by atoms with Crippen LogP contribution >= 0.6 is 0 Å². The lowest BCUT2D eigenvalue weighted by molar-refractivity contribution is -0.137. The quantitative estimate of drug-likeness (QED) is 0.821. The van der Waals surface area contributed by atoms with E-state index >= 15 is 0 Å². The van der Waals surface area contributed by atoms with Gasteiger partial charge < -0.3 is 5.11 Å². The van der Waals surface area contributed by atoms with E-state index in [2.05, 4.69) is 10.3 Å². The lowest BCUT2D eigenvalue weighted by Gasteiger charge is -2.04. The number of carbonyl (C=O) groups is 1. The number of aryl methyl sites for hydroxylation is 1. The van der Waals surface area contributed by atoms with E-state index in [0.29, 0.717) is 0 Å². The molecule has 5 nitrogen and oxygen atoms in total. The molecule has 0 aromatic carbocycles. The molecule has 0 bridgehead atoms. The van der Waals surface area contributed by atoms with Gasteiger partial charge in [0.1, 0.15) is 0 Å². The molecule has 15 heavy (non-hydrogen) atoms. The van der Waals surface area contributed by atoms with Crippen LogP contribution in [0.1, 0.15) is 12.1 Å². The molecule has 1 N–H and O–H groups in total. The number of hydrogen-bond donors (Lipinski definition) is 1. The molecule has 84 valence electrons. The van der Waals surface area contributed by atoms with Gasteiger partial charge in [-0.25, -0.2) is 0 Å². The highest BCUT2D eigenvalue weighted by Gasteiger charge is 2.26. The SMILES string of the molecule is O=C(O)Cc1cn(CCC(F)(F)F)nn1. The highest BCUT2D eigenvalue weighted by Crippen LogP contribution is 2.19. The predicted molar refractivity (Wildman–Crippen MR) is 42.0 cm³/mol. The van der Waals surface area contributed by atoms with Crippen molar-refractivity contribution in [3.63, 3.8) is 0 Å². The standard InChI is InChI=1S/C7H8F3N3O2/c8-7(9,10)1-2-13-4-5(11-12-13)3-6(14)15/h4H,1-3H2,(H,14,15). The number of carboxylic acid groups (broad SMARTS) is 1. The summed E-state index contributed by atoms with van der Waals surface area (Å²) in [5.74, 6) is -1.10. The van der Waals surface area contributed by atoms with Gasteiger partial charge in [-0.1, -0.05) is 5.21 Å². The molecule has 1 rings (SSSR count). The van der Waals surface area contributed by atoms with Crippen LogP contribution in [0.15, 0.2) is 6.20 Å². The summed E-state index contributed by atoms with van der Waals surface area (Å²) in [6.07, 6.45) is -4.41. The molecule has 1 heterocycles. The predicted octanol–water partition coefficient (Wildman–Crippen LogP) is 0.858. The van der Waals surface area contributed by atoms with E-state index in [1.54, 1.807) is 0 Å². The first-order valence-corrected chi connectivity index (χ1v) is 4.04. The van der Waals surface area contributed by atoms with E-state index in [9.17, 15) is 18.0 Å². The van der Waals surface area contributed by atoms with Gasteiger partial charge in [-0.2, -0.15) is 13.2 Å². The summed E-state index contributed by atoms with van der Waals surface area (Å²) in [5.41, 5.74) is 0.143. The van der Waals surface area contributed by atoms with Crippen LogP contribution < -0.4 is 0 Å². The number of rotatable bonds is 4. The van der Waals surface area contributed by atoms with E-state index in [4.69, 9.17) is 5.11 Å². The van der Waals surface area contributed by atoms with E-state index in [-0.39, 0.29) is 18.7 Å². The van der Waals surface area contributed by atoms with Gasteiger partial charge >= 0.3 is 12.1 Å². The van der Waals surface area contributed by atoms with Crippen LogP contribution in [0.2, 0.25) is 0 Å². The van der Waals surface area contributed by atoms with Crippen molar-refractivity contribution in [3.05, 3.63) is 11.9 Å². The number of aliphatic carboxylic acids is 1. The normalized spacial score (nSPS) is 11.7. The average molecular weight is 223 g/mol. The van der Waals surface area contributed by atoms with Gasteiger partial charge in [0, 0.05) is 6.20 Å². The lowest BCUT2D eigenvalue weighted by Crippen LogP contribution is -2.12. The van der Waals surface area contributed by atoms with Gasteiger partial charge in [0.2, 0.25) is 0 Å². The smallest absolute Gasteiger partial charge is 0.390 e. The van der Waals surface area contributed by atoms with Gasteiger partial charge in [-0.3, -0.25) is 9.48 Å². The van der Waals surface area contributed by atoms with Gasteiger partial charge in [-0.15, -0.1) is 5.10 Å². The Kier molecular flexibility index (Phi) is 3.28. The summed E-state index contributed by atoms with van der Waals surface area (Å²) in [6, 6.07) is 0. The van der Waals surface area contributed by atoms with Crippen LogP contribution in [0, 0.1) is 0 Å². The fourth-order valence-electron chi connectivity index (χ4n) is 0.925. The van der Waals surface area contributed by atoms with Crippen molar-refractivity contribution in [2.75, 3.05) is 0 Å². The maximum Gasteiger partial charge on any atom is 0.390 e. The topological polar surface area (TPSA) is 68.0 Å². The number of aromatic nitrogens is 3. The summed E-state index contributed by atoms with van der Waals surface area (Å²) in [5, 5.41) is 15.2. The number of halogens is 3. The third-order valence-electron chi connectivity index (χ3n) is 1.54. The molecule has 1 aromatic rings. The minimum absolute atomic E-state index is 0.143. The Morgan fingerprint density at radius 3 is 2.73 bits per heavy atom. The summed E-state index contributed by atoms with van der Waals surface area (Å²) in [6.45, 7) is -0.351.